The topological polar surface area (TPSA) is 32.3 Å². The van der Waals surface area contributed by atoms with E-state index in [2.05, 4.69) is 11.4 Å². The average Bonchev–Trinajstić information content (AvgIpc) is 2.83. The lowest BCUT2D eigenvalue weighted by Crippen LogP contribution is -2.23. The minimum absolute atomic E-state index is 0.513. The number of phenolic OH excluding ortho intramolecular Hbond substituents is 1. The highest BCUT2D eigenvalue weighted by molar-refractivity contribution is 5.43. The number of aryl methyl sites for hydroxylation is 2. The smallest absolute Gasteiger partial charge is 0.119 e. The van der Waals surface area contributed by atoms with Gasteiger partial charge in [-0.05, 0) is 74.2 Å². The first-order valence-corrected chi connectivity index (χ1v) is 6.90. The van der Waals surface area contributed by atoms with E-state index >= 15 is 0 Å². The number of hydrogen-bond donors (Lipinski definition) is 2. The Bertz CT molecular complexity index is 408. The van der Waals surface area contributed by atoms with Crippen molar-refractivity contribution in [2.75, 3.05) is 6.54 Å². The molecule has 1 aromatic rings. The molecule has 1 atom stereocenters. The maximum Gasteiger partial charge on any atom is 0.119 e. The van der Waals surface area contributed by atoms with Crippen LogP contribution in [0.2, 0.25) is 0 Å². The van der Waals surface area contributed by atoms with Crippen molar-refractivity contribution in [3.05, 3.63) is 28.8 Å². The summed E-state index contributed by atoms with van der Waals surface area (Å²) in [6.45, 7) is 1.14. The molecule has 2 heteroatoms. The highest BCUT2D eigenvalue weighted by Crippen LogP contribution is 2.29. The van der Waals surface area contributed by atoms with Crippen molar-refractivity contribution >= 4 is 0 Å². The van der Waals surface area contributed by atoms with Crippen LogP contribution in [0.3, 0.4) is 0 Å². The molecule has 0 aromatic heterocycles. The van der Waals surface area contributed by atoms with Gasteiger partial charge < -0.3 is 10.4 Å². The van der Waals surface area contributed by atoms with E-state index < -0.39 is 0 Å². The third-order valence-electron chi connectivity index (χ3n) is 4.17. The van der Waals surface area contributed by atoms with E-state index in [1.165, 1.54) is 43.2 Å². The van der Waals surface area contributed by atoms with Gasteiger partial charge in [0.25, 0.3) is 0 Å². The van der Waals surface area contributed by atoms with Crippen LogP contribution in [0, 0.1) is 0 Å². The zero-order valence-corrected chi connectivity index (χ0v) is 10.3. The van der Waals surface area contributed by atoms with Crippen molar-refractivity contribution in [2.24, 2.45) is 0 Å². The molecular weight excluding hydrogens is 210 g/mol. The summed E-state index contributed by atoms with van der Waals surface area (Å²) in [6.07, 6.45) is 8.42. The zero-order chi connectivity index (χ0) is 11.7. The Morgan fingerprint density at radius 1 is 1.12 bits per heavy atom. The SMILES string of the molecule is Oc1cc2c(cc1CC1CCCN1)CCCC2. The molecular formula is C15H21NO. The molecule has 1 aromatic carbocycles. The third kappa shape index (κ3) is 2.32. The quantitative estimate of drug-likeness (QED) is 0.820. The molecule has 1 aliphatic heterocycles. The van der Waals surface area contributed by atoms with Crippen LogP contribution in [-0.2, 0) is 19.3 Å². The van der Waals surface area contributed by atoms with Crippen molar-refractivity contribution < 1.29 is 5.11 Å². The molecule has 2 nitrogen and oxygen atoms in total. The fourth-order valence-electron chi connectivity index (χ4n) is 3.18. The molecule has 17 heavy (non-hydrogen) atoms. The standard InChI is InChI=1S/C15H21NO/c17-15-10-12-5-2-1-4-11(12)8-13(15)9-14-6-3-7-16-14/h8,10,14,16-17H,1-7,9H2. The minimum Gasteiger partial charge on any atom is -0.508 e. The van der Waals surface area contributed by atoms with Crippen molar-refractivity contribution in [1.29, 1.82) is 0 Å². The number of nitrogens with one attached hydrogen (secondary N) is 1. The van der Waals surface area contributed by atoms with Gasteiger partial charge in [0.1, 0.15) is 5.75 Å². The Morgan fingerprint density at radius 2 is 1.88 bits per heavy atom. The number of hydrogen-bond acceptors (Lipinski definition) is 2. The van der Waals surface area contributed by atoms with Gasteiger partial charge in [0.2, 0.25) is 0 Å². The van der Waals surface area contributed by atoms with Crippen molar-refractivity contribution in [3.63, 3.8) is 0 Å². The maximum absolute atomic E-state index is 10.1. The molecule has 3 rings (SSSR count). The normalized spacial score (nSPS) is 23.6. The Labute approximate surface area is 103 Å². The van der Waals surface area contributed by atoms with Gasteiger partial charge in [0.05, 0.1) is 0 Å². The van der Waals surface area contributed by atoms with Gasteiger partial charge in [-0.15, -0.1) is 0 Å². The predicted octanol–water partition coefficient (Wildman–Crippen LogP) is 2.57. The molecule has 0 bridgehead atoms. The first-order chi connectivity index (χ1) is 8.33. The molecule has 0 saturated carbocycles. The summed E-state index contributed by atoms with van der Waals surface area (Å²) in [5.41, 5.74) is 3.99. The van der Waals surface area contributed by atoms with Crippen molar-refractivity contribution in [2.45, 2.75) is 51.0 Å². The Kier molecular flexibility index (Phi) is 3.06. The van der Waals surface area contributed by atoms with E-state index in [9.17, 15) is 5.11 Å². The first kappa shape index (κ1) is 11.1. The van der Waals surface area contributed by atoms with Crippen LogP contribution in [0.15, 0.2) is 12.1 Å². The van der Waals surface area contributed by atoms with Crippen molar-refractivity contribution in [3.8, 4) is 5.75 Å². The summed E-state index contributed by atoms with van der Waals surface area (Å²) in [7, 11) is 0. The minimum atomic E-state index is 0.513. The lowest BCUT2D eigenvalue weighted by atomic mass is 9.88. The predicted molar refractivity (Wildman–Crippen MR) is 69.5 cm³/mol. The van der Waals surface area contributed by atoms with E-state index in [-0.39, 0.29) is 0 Å². The van der Waals surface area contributed by atoms with Crippen LogP contribution in [0.1, 0.15) is 42.4 Å². The summed E-state index contributed by atoms with van der Waals surface area (Å²) < 4.78 is 0. The first-order valence-electron chi connectivity index (χ1n) is 6.90. The van der Waals surface area contributed by atoms with E-state index in [0.717, 1.165) is 24.9 Å². The molecule has 1 aliphatic carbocycles. The van der Waals surface area contributed by atoms with Gasteiger partial charge in [0.15, 0.2) is 0 Å². The number of phenols is 1. The van der Waals surface area contributed by atoms with E-state index in [1.807, 2.05) is 6.07 Å². The highest BCUT2D eigenvalue weighted by atomic mass is 16.3. The van der Waals surface area contributed by atoms with Gasteiger partial charge in [-0.2, -0.15) is 0 Å². The van der Waals surface area contributed by atoms with E-state index in [0.29, 0.717) is 11.8 Å². The summed E-state index contributed by atoms with van der Waals surface area (Å²) >= 11 is 0. The summed E-state index contributed by atoms with van der Waals surface area (Å²) in [5.74, 6) is 0.513. The lowest BCUT2D eigenvalue weighted by molar-refractivity contribution is 0.460. The average molecular weight is 231 g/mol. The summed E-state index contributed by atoms with van der Waals surface area (Å²) in [6, 6.07) is 4.84. The Morgan fingerprint density at radius 3 is 2.59 bits per heavy atom. The number of rotatable bonds is 2. The molecule has 1 fully saturated rings. The molecule has 2 N–H and O–H groups in total. The fourth-order valence-corrected chi connectivity index (χ4v) is 3.18. The third-order valence-corrected chi connectivity index (χ3v) is 4.17. The van der Waals surface area contributed by atoms with Crippen LogP contribution in [0.4, 0.5) is 0 Å². The number of aromatic hydroxyl groups is 1. The van der Waals surface area contributed by atoms with Gasteiger partial charge in [-0.25, -0.2) is 0 Å². The zero-order valence-electron chi connectivity index (χ0n) is 10.3. The van der Waals surface area contributed by atoms with Crippen LogP contribution in [-0.4, -0.2) is 17.7 Å². The van der Waals surface area contributed by atoms with Crippen LogP contribution in [0.5, 0.6) is 5.75 Å². The van der Waals surface area contributed by atoms with Crippen LogP contribution >= 0.6 is 0 Å². The monoisotopic (exact) mass is 231 g/mol. The molecule has 2 aliphatic rings. The number of fused-ring (bicyclic) bond motifs is 1. The number of benzene rings is 1. The van der Waals surface area contributed by atoms with Gasteiger partial charge >= 0.3 is 0 Å². The van der Waals surface area contributed by atoms with Gasteiger partial charge in [-0.1, -0.05) is 6.07 Å². The second-order valence-electron chi connectivity index (χ2n) is 5.45. The van der Waals surface area contributed by atoms with Crippen molar-refractivity contribution in [1.82, 2.24) is 5.32 Å². The second-order valence-corrected chi connectivity index (χ2v) is 5.45. The van der Waals surface area contributed by atoms with E-state index in [4.69, 9.17) is 0 Å². The van der Waals surface area contributed by atoms with E-state index in [1.54, 1.807) is 0 Å². The molecule has 0 radical (unpaired) electrons. The molecule has 1 unspecified atom stereocenters. The molecule has 92 valence electrons. The maximum atomic E-state index is 10.1. The molecule has 1 heterocycles. The lowest BCUT2D eigenvalue weighted by Gasteiger charge is -2.19. The summed E-state index contributed by atoms with van der Waals surface area (Å²) in [4.78, 5) is 0. The summed E-state index contributed by atoms with van der Waals surface area (Å²) in [5, 5.41) is 13.6. The Hall–Kier alpha value is -1.02. The second kappa shape index (κ2) is 4.69. The Balaban J connectivity index is 1.83. The fraction of sp³-hybridized carbons (Fsp3) is 0.600. The van der Waals surface area contributed by atoms with Gasteiger partial charge in [0, 0.05) is 6.04 Å². The van der Waals surface area contributed by atoms with Crippen LogP contribution < -0.4 is 5.32 Å². The molecule has 1 saturated heterocycles. The van der Waals surface area contributed by atoms with Crippen LogP contribution in [0.25, 0.3) is 0 Å². The molecule has 0 spiro atoms. The molecule has 0 amide bonds. The highest BCUT2D eigenvalue weighted by Gasteiger charge is 2.18. The largest absolute Gasteiger partial charge is 0.508 e. The van der Waals surface area contributed by atoms with Gasteiger partial charge in [-0.3, -0.25) is 0 Å².